The van der Waals surface area contributed by atoms with Gasteiger partial charge in [0.2, 0.25) is 0 Å². The van der Waals surface area contributed by atoms with Gasteiger partial charge in [-0.3, -0.25) is 0 Å². The first-order valence-electron chi connectivity index (χ1n) is 3.44. The molecule has 2 aromatic heterocycles. The van der Waals surface area contributed by atoms with Gasteiger partial charge in [0.1, 0.15) is 0 Å². The Kier molecular flexibility index (Phi) is 1.42. The van der Waals surface area contributed by atoms with Crippen LogP contribution in [0.25, 0.3) is 5.65 Å². The number of carbonyl (C=O) groups is 1. The number of carboxylic acid groups (broad SMARTS) is 1. The Balaban J connectivity index is 2.68. The van der Waals surface area contributed by atoms with Crippen LogP contribution in [0.4, 0.5) is 0 Å². The van der Waals surface area contributed by atoms with Crippen LogP contribution in [0, 0.1) is 0 Å². The van der Waals surface area contributed by atoms with Crippen LogP contribution < -0.4 is 0 Å². The second-order valence-corrected chi connectivity index (χ2v) is 2.45. The normalized spacial score (nSPS) is 10.5. The zero-order valence-corrected chi connectivity index (χ0v) is 6.38. The summed E-state index contributed by atoms with van der Waals surface area (Å²) in [6.45, 7) is 0. The van der Waals surface area contributed by atoms with Crippen LogP contribution in [0.15, 0.2) is 18.5 Å². The lowest BCUT2D eigenvalue weighted by molar-refractivity contribution is 0.0690. The number of fused-ring (bicyclic) bond motifs is 1. The van der Waals surface area contributed by atoms with E-state index in [1.807, 2.05) is 0 Å². The number of aromatic nitrogens is 3. The minimum atomic E-state index is -1.12. The van der Waals surface area contributed by atoms with Gasteiger partial charge in [-0.25, -0.2) is 14.3 Å². The number of nitrogens with zero attached hydrogens (tertiary/aromatic N) is 3. The Morgan fingerprint density at radius 1 is 1.54 bits per heavy atom. The molecule has 0 aliphatic carbocycles. The monoisotopic (exact) mass is 179 g/mol. The highest BCUT2D eigenvalue weighted by atomic mass is 16.4. The molecule has 0 amide bonds. The molecule has 0 radical (unpaired) electrons. The second-order valence-electron chi connectivity index (χ2n) is 2.45. The summed E-state index contributed by atoms with van der Waals surface area (Å²) >= 11 is 0. The zero-order valence-electron chi connectivity index (χ0n) is 6.38. The SMILES string of the molecule is O=C(O)c1cc2ncc(O)cn2n1. The van der Waals surface area contributed by atoms with E-state index in [-0.39, 0.29) is 11.4 Å². The summed E-state index contributed by atoms with van der Waals surface area (Å²) in [5, 5.41) is 21.3. The lowest BCUT2D eigenvalue weighted by atomic mass is 10.4. The first-order chi connectivity index (χ1) is 6.16. The minimum absolute atomic E-state index is 0.0625. The van der Waals surface area contributed by atoms with Crippen molar-refractivity contribution in [2.75, 3.05) is 0 Å². The maximum absolute atomic E-state index is 10.5. The average Bonchev–Trinajstić information content (AvgIpc) is 2.46. The van der Waals surface area contributed by atoms with Gasteiger partial charge in [0, 0.05) is 6.07 Å². The average molecular weight is 179 g/mol. The van der Waals surface area contributed by atoms with Crippen molar-refractivity contribution in [3.8, 4) is 5.75 Å². The van der Waals surface area contributed by atoms with Crippen molar-refractivity contribution in [2.45, 2.75) is 0 Å². The molecule has 13 heavy (non-hydrogen) atoms. The van der Waals surface area contributed by atoms with Crippen molar-refractivity contribution in [3.05, 3.63) is 24.2 Å². The van der Waals surface area contributed by atoms with Crippen LogP contribution in [0.1, 0.15) is 10.5 Å². The smallest absolute Gasteiger partial charge is 0.356 e. The van der Waals surface area contributed by atoms with Gasteiger partial charge in [-0.05, 0) is 0 Å². The number of hydrogen-bond donors (Lipinski definition) is 2. The first-order valence-corrected chi connectivity index (χ1v) is 3.44. The molecule has 6 nitrogen and oxygen atoms in total. The van der Waals surface area contributed by atoms with Crippen molar-refractivity contribution in [1.29, 1.82) is 0 Å². The Bertz CT molecular complexity index is 477. The van der Waals surface area contributed by atoms with Crippen LogP contribution in [0.3, 0.4) is 0 Å². The number of carboxylic acids is 1. The molecule has 0 atom stereocenters. The molecule has 0 bridgehead atoms. The standard InChI is InChI=1S/C7H5N3O3/c11-4-2-8-6-1-5(7(12)13)9-10(6)3-4/h1-3,11H,(H,12,13). The lowest BCUT2D eigenvalue weighted by Crippen LogP contribution is -1.97. The van der Waals surface area contributed by atoms with E-state index in [1.54, 1.807) is 0 Å². The molecule has 0 fully saturated rings. The number of hydrogen-bond acceptors (Lipinski definition) is 4. The van der Waals surface area contributed by atoms with Crippen molar-refractivity contribution < 1.29 is 15.0 Å². The fourth-order valence-electron chi connectivity index (χ4n) is 0.971. The molecule has 6 heteroatoms. The summed E-state index contributed by atoms with van der Waals surface area (Å²) in [5.41, 5.74) is 0.285. The molecule has 66 valence electrons. The highest BCUT2D eigenvalue weighted by Crippen LogP contribution is 2.08. The molecule has 0 spiro atoms. The van der Waals surface area contributed by atoms with E-state index in [4.69, 9.17) is 10.2 Å². The van der Waals surface area contributed by atoms with E-state index >= 15 is 0 Å². The Morgan fingerprint density at radius 3 is 3.00 bits per heavy atom. The maximum Gasteiger partial charge on any atom is 0.356 e. The Labute approximate surface area is 72.1 Å². The Hall–Kier alpha value is -2.11. The molecular weight excluding hydrogens is 174 g/mol. The van der Waals surface area contributed by atoms with E-state index in [1.165, 1.54) is 23.0 Å². The van der Waals surface area contributed by atoms with Crippen LogP contribution in [0.5, 0.6) is 5.75 Å². The molecule has 0 saturated carbocycles. The van der Waals surface area contributed by atoms with E-state index < -0.39 is 5.97 Å². The number of aromatic hydroxyl groups is 1. The molecule has 2 N–H and O–H groups in total. The third-order valence-corrected chi connectivity index (χ3v) is 1.52. The van der Waals surface area contributed by atoms with E-state index in [2.05, 4.69) is 10.1 Å². The molecule has 2 aromatic rings. The summed E-state index contributed by atoms with van der Waals surface area (Å²) in [4.78, 5) is 14.3. The summed E-state index contributed by atoms with van der Waals surface area (Å²) in [6.07, 6.45) is 2.51. The third kappa shape index (κ3) is 1.18. The van der Waals surface area contributed by atoms with Gasteiger partial charge in [-0.1, -0.05) is 0 Å². The van der Waals surface area contributed by atoms with Gasteiger partial charge in [0.25, 0.3) is 0 Å². The highest BCUT2D eigenvalue weighted by Gasteiger charge is 2.08. The molecule has 2 rings (SSSR count). The first kappa shape index (κ1) is 7.53. The summed E-state index contributed by atoms with van der Waals surface area (Å²) in [7, 11) is 0. The second kappa shape index (κ2) is 2.44. The lowest BCUT2D eigenvalue weighted by Gasteiger charge is -1.91. The van der Waals surface area contributed by atoms with Gasteiger partial charge in [-0.15, -0.1) is 0 Å². The Morgan fingerprint density at radius 2 is 2.31 bits per heavy atom. The van der Waals surface area contributed by atoms with Crippen LogP contribution in [-0.2, 0) is 0 Å². The fraction of sp³-hybridized carbons (Fsp3) is 0. The predicted molar refractivity (Wildman–Crippen MR) is 41.6 cm³/mol. The summed E-state index contributed by atoms with van der Waals surface area (Å²) in [5.74, 6) is -1.18. The molecule has 2 heterocycles. The van der Waals surface area contributed by atoms with Gasteiger partial charge >= 0.3 is 5.97 Å². The third-order valence-electron chi connectivity index (χ3n) is 1.52. The van der Waals surface area contributed by atoms with Crippen molar-refractivity contribution in [3.63, 3.8) is 0 Å². The van der Waals surface area contributed by atoms with Gasteiger partial charge in [0.05, 0.1) is 12.4 Å². The molecule has 0 aromatic carbocycles. The van der Waals surface area contributed by atoms with Gasteiger partial charge < -0.3 is 10.2 Å². The number of aromatic carboxylic acids is 1. The molecule has 0 aliphatic heterocycles. The summed E-state index contributed by atoms with van der Waals surface area (Å²) in [6, 6.07) is 1.32. The maximum atomic E-state index is 10.5. The fourth-order valence-corrected chi connectivity index (χ4v) is 0.971. The molecular formula is C7H5N3O3. The topological polar surface area (TPSA) is 87.7 Å². The van der Waals surface area contributed by atoms with Crippen molar-refractivity contribution in [2.24, 2.45) is 0 Å². The quantitative estimate of drug-likeness (QED) is 0.649. The minimum Gasteiger partial charge on any atom is -0.505 e. The number of rotatable bonds is 1. The van der Waals surface area contributed by atoms with Gasteiger partial charge in [-0.2, -0.15) is 5.10 Å². The largest absolute Gasteiger partial charge is 0.505 e. The molecule has 0 unspecified atom stereocenters. The summed E-state index contributed by atoms with van der Waals surface area (Å²) < 4.78 is 1.21. The van der Waals surface area contributed by atoms with E-state index in [0.29, 0.717) is 5.65 Å². The van der Waals surface area contributed by atoms with Crippen molar-refractivity contribution >= 4 is 11.6 Å². The highest BCUT2D eigenvalue weighted by molar-refractivity contribution is 5.86. The van der Waals surface area contributed by atoms with Crippen LogP contribution in [0.2, 0.25) is 0 Å². The van der Waals surface area contributed by atoms with Crippen molar-refractivity contribution in [1.82, 2.24) is 14.6 Å². The predicted octanol–water partition coefficient (Wildman–Crippen LogP) is 0.133. The van der Waals surface area contributed by atoms with E-state index in [0.717, 1.165) is 0 Å². The van der Waals surface area contributed by atoms with Crippen LogP contribution in [-0.4, -0.2) is 30.8 Å². The molecule has 0 saturated heterocycles. The van der Waals surface area contributed by atoms with Gasteiger partial charge in [0.15, 0.2) is 17.1 Å². The van der Waals surface area contributed by atoms with Crippen LogP contribution >= 0.6 is 0 Å². The molecule has 0 aliphatic rings. The zero-order chi connectivity index (χ0) is 9.42. The van der Waals surface area contributed by atoms with E-state index in [9.17, 15) is 4.79 Å².